The number of methoxy groups -OCH3 is 1. The van der Waals surface area contributed by atoms with Crippen LogP contribution in [0.1, 0.15) is 48.0 Å². The number of carbonyl (C=O) groups is 2. The standard InChI is InChI=1S/C29H34N2O4/c1-35-27-21-25(16-17-26(27)23-10-6-4-7-11-23)30-19-8-3-2-5-9-22-12-14-24(15-13-22)29(34)31-20-18-28(32)33/h4,6-7,10-17,21,30H,2-3,5,8-9,18-20H2,1H3,(H,31,34)(H,32,33). The van der Waals surface area contributed by atoms with Crippen LogP contribution in [0.5, 0.6) is 5.75 Å². The van der Waals surface area contributed by atoms with Gasteiger partial charge in [-0.15, -0.1) is 0 Å². The molecule has 0 spiro atoms. The van der Waals surface area contributed by atoms with Crippen LogP contribution in [0.25, 0.3) is 11.1 Å². The molecule has 0 radical (unpaired) electrons. The molecule has 1 amide bonds. The zero-order valence-corrected chi connectivity index (χ0v) is 20.3. The van der Waals surface area contributed by atoms with E-state index in [2.05, 4.69) is 41.0 Å². The molecular formula is C29H34N2O4. The normalized spacial score (nSPS) is 10.5. The van der Waals surface area contributed by atoms with Crippen molar-refractivity contribution < 1.29 is 19.4 Å². The number of carbonyl (C=O) groups excluding carboxylic acids is 1. The van der Waals surface area contributed by atoms with Crippen LogP contribution in [0.3, 0.4) is 0 Å². The highest BCUT2D eigenvalue weighted by atomic mass is 16.5. The summed E-state index contributed by atoms with van der Waals surface area (Å²) >= 11 is 0. The van der Waals surface area contributed by atoms with Crippen LogP contribution in [-0.4, -0.2) is 37.2 Å². The third-order valence-corrected chi connectivity index (χ3v) is 5.85. The Morgan fingerprint density at radius 3 is 2.31 bits per heavy atom. The van der Waals surface area contributed by atoms with Gasteiger partial charge in [0.1, 0.15) is 5.75 Å². The number of carboxylic acids is 1. The lowest BCUT2D eigenvalue weighted by Crippen LogP contribution is -2.25. The van der Waals surface area contributed by atoms with Gasteiger partial charge in [-0.2, -0.15) is 0 Å². The number of aliphatic carboxylic acids is 1. The van der Waals surface area contributed by atoms with E-state index in [1.165, 1.54) is 5.56 Å². The van der Waals surface area contributed by atoms with Gasteiger partial charge in [0.25, 0.3) is 5.91 Å². The summed E-state index contributed by atoms with van der Waals surface area (Å²) in [6.07, 6.45) is 5.40. The third-order valence-electron chi connectivity index (χ3n) is 5.85. The van der Waals surface area contributed by atoms with Crippen LogP contribution >= 0.6 is 0 Å². The number of hydrogen-bond donors (Lipinski definition) is 3. The van der Waals surface area contributed by atoms with Crippen LogP contribution < -0.4 is 15.4 Å². The van der Waals surface area contributed by atoms with Crippen molar-refractivity contribution >= 4 is 17.6 Å². The summed E-state index contributed by atoms with van der Waals surface area (Å²) in [5.41, 5.74) is 5.05. The second-order valence-corrected chi connectivity index (χ2v) is 8.47. The molecule has 184 valence electrons. The predicted molar refractivity (Wildman–Crippen MR) is 140 cm³/mol. The Bertz CT molecular complexity index is 1080. The molecule has 3 N–H and O–H groups in total. The zero-order valence-electron chi connectivity index (χ0n) is 20.3. The Hall–Kier alpha value is -3.80. The van der Waals surface area contributed by atoms with E-state index < -0.39 is 5.97 Å². The monoisotopic (exact) mass is 474 g/mol. The molecular weight excluding hydrogens is 440 g/mol. The van der Waals surface area contributed by atoms with Gasteiger partial charge < -0.3 is 20.5 Å². The van der Waals surface area contributed by atoms with Crippen molar-refractivity contribution in [3.8, 4) is 16.9 Å². The Kier molecular flexibility index (Phi) is 10.2. The zero-order chi connectivity index (χ0) is 24.9. The number of nitrogens with one attached hydrogen (secondary N) is 2. The highest BCUT2D eigenvalue weighted by Crippen LogP contribution is 2.32. The van der Waals surface area contributed by atoms with Gasteiger partial charge in [-0.1, -0.05) is 55.3 Å². The van der Waals surface area contributed by atoms with Gasteiger partial charge in [-0.25, -0.2) is 0 Å². The van der Waals surface area contributed by atoms with E-state index in [-0.39, 0.29) is 18.9 Å². The molecule has 0 fully saturated rings. The van der Waals surface area contributed by atoms with E-state index >= 15 is 0 Å². The first kappa shape index (κ1) is 25.8. The average molecular weight is 475 g/mol. The lowest BCUT2D eigenvalue weighted by molar-refractivity contribution is -0.136. The van der Waals surface area contributed by atoms with Crippen LogP contribution in [0.15, 0.2) is 72.8 Å². The minimum absolute atomic E-state index is 0.0753. The molecule has 6 nitrogen and oxygen atoms in total. The number of hydrogen-bond acceptors (Lipinski definition) is 4. The van der Waals surface area contributed by atoms with E-state index in [0.29, 0.717) is 5.56 Å². The molecule has 35 heavy (non-hydrogen) atoms. The van der Waals surface area contributed by atoms with Crippen molar-refractivity contribution in [2.75, 3.05) is 25.5 Å². The number of unbranched alkanes of at least 4 members (excludes halogenated alkanes) is 3. The van der Waals surface area contributed by atoms with Gasteiger partial charge in [0.2, 0.25) is 0 Å². The molecule has 0 unspecified atom stereocenters. The maximum Gasteiger partial charge on any atom is 0.305 e. The number of amides is 1. The Labute approximate surface area is 207 Å². The molecule has 0 aliphatic carbocycles. The molecule has 0 saturated heterocycles. The molecule has 3 rings (SSSR count). The molecule has 0 aromatic heterocycles. The number of ether oxygens (including phenoxy) is 1. The lowest BCUT2D eigenvalue weighted by atomic mass is 10.0. The maximum atomic E-state index is 12.0. The van der Waals surface area contributed by atoms with E-state index in [4.69, 9.17) is 9.84 Å². The van der Waals surface area contributed by atoms with Crippen molar-refractivity contribution in [3.05, 3.63) is 83.9 Å². The van der Waals surface area contributed by atoms with Crippen LogP contribution in [0, 0.1) is 0 Å². The average Bonchev–Trinajstić information content (AvgIpc) is 2.88. The lowest BCUT2D eigenvalue weighted by Gasteiger charge is -2.12. The third kappa shape index (κ3) is 8.49. The van der Waals surface area contributed by atoms with Crippen molar-refractivity contribution in [3.63, 3.8) is 0 Å². The topological polar surface area (TPSA) is 87.7 Å². The summed E-state index contributed by atoms with van der Waals surface area (Å²) in [4.78, 5) is 22.5. The first-order chi connectivity index (χ1) is 17.1. The Balaban J connectivity index is 1.33. The highest BCUT2D eigenvalue weighted by molar-refractivity contribution is 5.94. The SMILES string of the molecule is COc1cc(NCCCCCCc2ccc(C(=O)NCCC(=O)O)cc2)ccc1-c1ccccc1. The van der Waals surface area contributed by atoms with Gasteiger partial charge >= 0.3 is 5.97 Å². The van der Waals surface area contributed by atoms with E-state index in [0.717, 1.165) is 61.2 Å². The van der Waals surface area contributed by atoms with Gasteiger partial charge in [0.05, 0.1) is 13.5 Å². The highest BCUT2D eigenvalue weighted by Gasteiger charge is 2.07. The van der Waals surface area contributed by atoms with Crippen LogP contribution in [0.4, 0.5) is 5.69 Å². The first-order valence-corrected chi connectivity index (χ1v) is 12.1. The minimum Gasteiger partial charge on any atom is -0.496 e. The second-order valence-electron chi connectivity index (χ2n) is 8.47. The summed E-state index contributed by atoms with van der Waals surface area (Å²) in [5.74, 6) is -0.295. The van der Waals surface area contributed by atoms with Gasteiger partial charge in [-0.3, -0.25) is 9.59 Å². The fourth-order valence-electron chi connectivity index (χ4n) is 3.91. The van der Waals surface area contributed by atoms with Crippen molar-refractivity contribution in [2.45, 2.75) is 38.5 Å². The number of benzene rings is 3. The number of aryl methyl sites for hydroxylation is 1. The van der Waals surface area contributed by atoms with Crippen molar-refractivity contribution in [2.24, 2.45) is 0 Å². The van der Waals surface area contributed by atoms with Crippen molar-refractivity contribution in [1.29, 1.82) is 0 Å². The molecule has 0 aliphatic rings. The van der Waals surface area contributed by atoms with Crippen LogP contribution in [0.2, 0.25) is 0 Å². The second kappa shape index (κ2) is 13.8. The molecule has 0 atom stereocenters. The van der Waals surface area contributed by atoms with Crippen molar-refractivity contribution in [1.82, 2.24) is 5.32 Å². The van der Waals surface area contributed by atoms with Crippen LogP contribution in [-0.2, 0) is 11.2 Å². The number of carboxylic acid groups (broad SMARTS) is 1. The van der Waals surface area contributed by atoms with E-state index in [1.807, 2.05) is 30.3 Å². The summed E-state index contributed by atoms with van der Waals surface area (Å²) in [7, 11) is 1.70. The van der Waals surface area contributed by atoms with Gasteiger partial charge in [-0.05, 0) is 54.7 Å². The molecule has 0 heterocycles. The molecule has 6 heteroatoms. The van der Waals surface area contributed by atoms with Gasteiger partial charge in [0, 0.05) is 36.0 Å². The molecule has 0 bridgehead atoms. The fourth-order valence-corrected chi connectivity index (χ4v) is 3.91. The smallest absolute Gasteiger partial charge is 0.305 e. The fraction of sp³-hybridized carbons (Fsp3) is 0.310. The molecule has 0 saturated carbocycles. The predicted octanol–water partition coefficient (Wildman–Crippen LogP) is 5.78. The first-order valence-electron chi connectivity index (χ1n) is 12.1. The Morgan fingerprint density at radius 2 is 1.60 bits per heavy atom. The Morgan fingerprint density at radius 1 is 0.857 bits per heavy atom. The number of anilines is 1. The van der Waals surface area contributed by atoms with E-state index in [9.17, 15) is 9.59 Å². The molecule has 3 aromatic rings. The largest absolute Gasteiger partial charge is 0.496 e. The maximum absolute atomic E-state index is 12.0. The molecule has 3 aromatic carbocycles. The minimum atomic E-state index is -0.922. The summed E-state index contributed by atoms with van der Waals surface area (Å²) in [5, 5.41) is 14.8. The molecule has 0 aliphatic heterocycles. The summed E-state index contributed by atoms with van der Waals surface area (Å²) in [6.45, 7) is 1.05. The summed E-state index contributed by atoms with van der Waals surface area (Å²) in [6, 6.07) is 24.0. The summed E-state index contributed by atoms with van der Waals surface area (Å²) < 4.78 is 5.60. The number of rotatable bonds is 14. The van der Waals surface area contributed by atoms with Gasteiger partial charge in [0.15, 0.2) is 0 Å². The quantitative estimate of drug-likeness (QED) is 0.258. The van der Waals surface area contributed by atoms with E-state index in [1.54, 1.807) is 19.2 Å².